The maximum Gasteiger partial charge on any atom is 0.352 e. The summed E-state index contributed by atoms with van der Waals surface area (Å²) < 4.78 is 5.96. The third-order valence-corrected chi connectivity index (χ3v) is 5.71. The second-order valence-electron chi connectivity index (χ2n) is 7.52. The smallest absolute Gasteiger partial charge is 0.352 e. The van der Waals surface area contributed by atoms with Crippen LogP contribution in [0.5, 0.6) is 5.75 Å². The summed E-state index contributed by atoms with van der Waals surface area (Å²) in [6.45, 7) is 1.59. The standard InChI is InChI=1S/C25H24O3/c1-25(24(26)27,20-10-3-2-4-11-20)28-21-16-14-19(15-17-21)23-13-7-9-18-8-5-6-12-22(18)23/h2-6,8,10-12,14-17,23H,7,9,13H2,1H3,(H,26,27). The molecular weight excluding hydrogens is 348 g/mol. The van der Waals surface area contributed by atoms with E-state index in [1.165, 1.54) is 23.1 Å². The number of hydrogen-bond acceptors (Lipinski definition) is 2. The third kappa shape index (κ3) is 3.40. The molecule has 28 heavy (non-hydrogen) atoms. The second kappa shape index (κ2) is 7.51. The van der Waals surface area contributed by atoms with Gasteiger partial charge in [-0.1, -0.05) is 66.7 Å². The van der Waals surface area contributed by atoms with E-state index in [9.17, 15) is 9.90 Å². The molecule has 3 heteroatoms. The molecule has 4 rings (SSSR count). The zero-order valence-electron chi connectivity index (χ0n) is 16.0. The fourth-order valence-electron chi connectivity index (χ4n) is 4.09. The van der Waals surface area contributed by atoms with Crippen molar-refractivity contribution in [2.75, 3.05) is 0 Å². The first-order valence-electron chi connectivity index (χ1n) is 9.73. The Morgan fingerprint density at radius 3 is 2.36 bits per heavy atom. The van der Waals surface area contributed by atoms with Crippen molar-refractivity contribution in [2.24, 2.45) is 0 Å². The average Bonchev–Trinajstić information content (AvgIpc) is 2.74. The van der Waals surface area contributed by atoms with Gasteiger partial charge in [0.05, 0.1) is 0 Å². The fourth-order valence-corrected chi connectivity index (χ4v) is 4.09. The fraction of sp³-hybridized carbons (Fsp3) is 0.240. The van der Waals surface area contributed by atoms with Crippen LogP contribution in [0.1, 0.15) is 47.9 Å². The van der Waals surface area contributed by atoms with E-state index in [0.29, 0.717) is 17.2 Å². The summed E-state index contributed by atoms with van der Waals surface area (Å²) in [5.74, 6) is -0.0652. The quantitative estimate of drug-likeness (QED) is 0.640. The van der Waals surface area contributed by atoms with Gasteiger partial charge in [0.2, 0.25) is 5.60 Å². The van der Waals surface area contributed by atoms with E-state index in [0.717, 1.165) is 12.8 Å². The summed E-state index contributed by atoms with van der Waals surface area (Å²) in [4.78, 5) is 12.0. The number of carboxylic acid groups (broad SMARTS) is 1. The van der Waals surface area contributed by atoms with Gasteiger partial charge in [-0.2, -0.15) is 0 Å². The highest BCUT2D eigenvalue weighted by Gasteiger charge is 2.37. The Kier molecular flexibility index (Phi) is 4.91. The van der Waals surface area contributed by atoms with Crippen LogP contribution >= 0.6 is 0 Å². The maximum atomic E-state index is 12.0. The van der Waals surface area contributed by atoms with Crippen molar-refractivity contribution in [1.82, 2.24) is 0 Å². The van der Waals surface area contributed by atoms with Gasteiger partial charge in [-0.25, -0.2) is 4.79 Å². The number of benzene rings is 3. The van der Waals surface area contributed by atoms with Crippen LogP contribution in [0.4, 0.5) is 0 Å². The van der Waals surface area contributed by atoms with E-state index in [2.05, 4.69) is 36.4 Å². The monoisotopic (exact) mass is 372 g/mol. The molecule has 3 aromatic carbocycles. The first-order chi connectivity index (χ1) is 13.6. The lowest BCUT2D eigenvalue weighted by Gasteiger charge is -2.28. The Morgan fingerprint density at radius 2 is 1.64 bits per heavy atom. The molecule has 2 atom stereocenters. The minimum Gasteiger partial charge on any atom is -0.478 e. The van der Waals surface area contributed by atoms with Crippen molar-refractivity contribution >= 4 is 5.97 Å². The summed E-state index contributed by atoms with van der Waals surface area (Å²) in [5.41, 5.74) is 3.27. The number of rotatable bonds is 5. The van der Waals surface area contributed by atoms with Crippen LogP contribution in [-0.4, -0.2) is 11.1 Å². The number of hydrogen-bond donors (Lipinski definition) is 1. The van der Waals surface area contributed by atoms with Crippen LogP contribution in [0.25, 0.3) is 0 Å². The highest BCUT2D eigenvalue weighted by molar-refractivity contribution is 5.79. The Balaban J connectivity index is 1.60. The van der Waals surface area contributed by atoms with Crippen LogP contribution in [-0.2, 0) is 16.8 Å². The lowest BCUT2D eigenvalue weighted by atomic mass is 9.79. The summed E-state index contributed by atoms with van der Waals surface area (Å²) >= 11 is 0. The minimum absolute atomic E-state index is 0.388. The highest BCUT2D eigenvalue weighted by atomic mass is 16.5. The van der Waals surface area contributed by atoms with Gasteiger partial charge in [-0.3, -0.25) is 0 Å². The zero-order chi connectivity index (χ0) is 19.6. The molecular formula is C25H24O3. The molecule has 142 valence electrons. The molecule has 0 aliphatic heterocycles. The van der Waals surface area contributed by atoms with E-state index in [1.54, 1.807) is 19.1 Å². The van der Waals surface area contributed by atoms with Gasteiger partial charge in [-0.15, -0.1) is 0 Å². The molecule has 2 unspecified atom stereocenters. The molecule has 0 amide bonds. The lowest BCUT2D eigenvalue weighted by Crippen LogP contribution is -2.38. The van der Waals surface area contributed by atoms with Crippen LogP contribution in [0.15, 0.2) is 78.9 Å². The Morgan fingerprint density at radius 1 is 0.964 bits per heavy atom. The van der Waals surface area contributed by atoms with E-state index in [-0.39, 0.29) is 0 Å². The number of fused-ring (bicyclic) bond motifs is 1. The molecule has 1 aliphatic carbocycles. The van der Waals surface area contributed by atoms with Gasteiger partial charge < -0.3 is 9.84 Å². The number of ether oxygens (including phenoxy) is 1. The van der Waals surface area contributed by atoms with Gasteiger partial charge >= 0.3 is 5.97 Å². The molecule has 0 aromatic heterocycles. The Labute approximate surface area is 165 Å². The first kappa shape index (κ1) is 18.3. The first-order valence-corrected chi connectivity index (χ1v) is 9.73. The van der Waals surface area contributed by atoms with Gasteiger partial charge in [-0.05, 0) is 55.0 Å². The number of aliphatic carboxylic acids is 1. The van der Waals surface area contributed by atoms with Crippen LogP contribution in [0.2, 0.25) is 0 Å². The van der Waals surface area contributed by atoms with Gasteiger partial charge in [0.1, 0.15) is 5.75 Å². The molecule has 3 aromatic rings. The summed E-state index contributed by atoms with van der Waals surface area (Å²) in [6, 6.07) is 25.6. The van der Waals surface area contributed by atoms with Crippen molar-refractivity contribution < 1.29 is 14.6 Å². The number of carboxylic acids is 1. The Hall–Kier alpha value is -3.07. The van der Waals surface area contributed by atoms with E-state index in [1.807, 2.05) is 30.3 Å². The second-order valence-corrected chi connectivity index (χ2v) is 7.52. The molecule has 3 nitrogen and oxygen atoms in total. The van der Waals surface area contributed by atoms with E-state index >= 15 is 0 Å². The highest BCUT2D eigenvalue weighted by Crippen LogP contribution is 2.37. The topological polar surface area (TPSA) is 46.5 Å². The third-order valence-electron chi connectivity index (χ3n) is 5.71. The molecule has 0 heterocycles. The van der Waals surface area contributed by atoms with Gasteiger partial charge in [0.25, 0.3) is 0 Å². The molecule has 1 aliphatic rings. The molecule has 0 fully saturated rings. The van der Waals surface area contributed by atoms with E-state index < -0.39 is 11.6 Å². The van der Waals surface area contributed by atoms with Crippen molar-refractivity contribution in [2.45, 2.75) is 37.7 Å². The van der Waals surface area contributed by atoms with Gasteiger partial charge in [0.15, 0.2) is 0 Å². The predicted molar refractivity (Wildman–Crippen MR) is 110 cm³/mol. The molecule has 0 saturated carbocycles. The van der Waals surface area contributed by atoms with Crippen LogP contribution < -0.4 is 4.74 Å². The molecule has 0 bridgehead atoms. The predicted octanol–water partition coefficient (Wildman–Crippen LogP) is 5.53. The maximum absolute atomic E-state index is 12.0. The summed E-state index contributed by atoms with van der Waals surface area (Å²) in [6.07, 6.45) is 3.46. The molecule has 0 spiro atoms. The molecule has 1 N–H and O–H groups in total. The average molecular weight is 372 g/mol. The molecule has 0 radical (unpaired) electrons. The normalized spacial score (nSPS) is 18.0. The van der Waals surface area contributed by atoms with E-state index in [4.69, 9.17) is 4.74 Å². The minimum atomic E-state index is -1.43. The van der Waals surface area contributed by atoms with Crippen molar-refractivity contribution in [3.05, 3.63) is 101 Å². The Bertz CT molecular complexity index is 963. The lowest BCUT2D eigenvalue weighted by molar-refractivity contribution is -0.154. The van der Waals surface area contributed by atoms with Crippen molar-refractivity contribution in [3.63, 3.8) is 0 Å². The zero-order valence-corrected chi connectivity index (χ0v) is 16.0. The molecule has 0 saturated heterocycles. The van der Waals surface area contributed by atoms with Crippen LogP contribution in [0.3, 0.4) is 0 Å². The summed E-state index contributed by atoms with van der Waals surface area (Å²) in [7, 11) is 0. The SMILES string of the molecule is CC(Oc1ccc(C2CCCc3ccccc32)cc1)(C(=O)O)c1ccccc1. The largest absolute Gasteiger partial charge is 0.478 e. The van der Waals surface area contributed by atoms with Crippen molar-refractivity contribution in [1.29, 1.82) is 0 Å². The number of carbonyl (C=O) groups is 1. The summed E-state index contributed by atoms with van der Waals surface area (Å²) in [5, 5.41) is 9.79. The van der Waals surface area contributed by atoms with Crippen molar-refractivity contribution in [3.8, 4) is 5.75 Å². The van der Waals surface area contributed by atoms with Crippen LogP contribution in [0, 0.1) is 0 Å². The number of aryl methyl sites for hydroxylation is 1. The van der Waals surface area contributed by atoms with Gasteiger partial charge in [0, 0.05) is 11.5 Å².